The van der Waals surface area contributed by atoms with Gasteiger partial charge in [0.2, 0.25) is 11.7 Å². The number of hydrogen-bond acceptors (Lipinski definition) is 5. The van der Waals surface area contributed by atoms with Gasteiger partial charge in [-0.15, -0.1) is 0 Å². The van der Waals surface area contributed by atoms with Crippen molar-refractivity contribution >= 4 is 5.91 Å². The molecule has 0 saturated carbocycles. The number of aryl methyl sites for hydroxylation is 1. The van der Waals surface area contributed by atoms with Crippen LogP contribution in [0.25, 0.3) is 0 Å². The molecule has 130 valence electrons. The summed E-state index contributed by atoms with van der Waals surface area (Å²) in [5, 5.41) is 2.65. The summed E-state index contributed by atoms with van der Waals surface area (Å²) in [6, 6.07) is 3.58. The van der Waals surface area contributed by atoms with Crippen molar-refractivity contribution < 1.29 is 22.7 Å². The Morgan fingerprint density at radius 1 is 1.40 bits per heavy atom. The quantitative estimate of drug-likeness (QED) is 0.738. The number of amides is 1. The number of rotatable bonds is 6. The van der Waals surface area contributed by atoms with Gasteiger partial charge in [0.1, 0.15) is 12.1 Å². The number of benzene rings is 1. The van der Waals surface area contributed by atoms with Crippen LogP contribution in [0.3, 0.4) is 0 Å². The summed E-state index contributed by atoms with van der Waals surface area (Å²) < 4.78 is 38.6. The van der Waals surface area contributed by atoms with Gasteiger partial charge in [-0.1, -0.05) is 6.07 Å². The predicted octanol–water partition coefficient (Wildman–Crippen LogP) is 2.20. The van der Waals surface area contributed by atoms with E-state index in [0.29, 0.717) is 5.82 Å². The first-order valence-electron chi connectivity index (χ1n) is 7.30. The van der Waals surface area contributed by atoms with Crippen LogP contribution in [0.4, 0.5) is 8.78 Å². The lowest BCUT2D eigenvalue weighted by Gasteiger charge is -2.04. The number of ether oxygens (including phenoxy) is 1. The zero-order valence-corrected chi connectivity index (χ0v) is 13.2. The standard InChI is InChI=1S/C16H14F2N4O3/c1-22-6-5-19-13(22)7-20-16(23)11-8-25-14(21-11)9-24-12-4-2-3-10(17)15(12)18/h2-6,8H,7,9H2,1H3,(H,20,23). The van der Waals surface area contributed by atoms with E-state index in [2.05, 4.69) is 15.3 Å². The van der Waals surface area contributed by atoms with Crippen LogP contribution in [-0.2, 0) is 20.2 Å². The number of oxazole rings is 1. The highest BCUT2D eigenvalue weighted by atomic mass is 19.2. The summed E-state index contributed by atoms with van der Waals surface area (Å²) >= 11 is 0. The second-order valence-electron chi connectivity index (χ2n) is 5.10. The van der Waals surface area contributed by atoms with Gasteiger partial charge in [-0.25, -0.2) is 14.4 Å². The van der Waals surface area contributed by atoms with Crippen molar-refractivity contribution in [2.45, 2.75) is 13.2 Å². The van der Waals surface area contributed by atoms with Crippen molar-refractivity contribution in [3.63, 3.8) is 0 Å². The molecule has 1 N–H and O–H groups in total. The Labute approximate surface area is 141 Å². The Hall–Kier alpha value is -3.23. The van der Waals surface area contributed by atoms with E-state index >= 15 is 0 Å². The third-order valence-corrected chi connectivity index (χ3v) is 3.38. The summed E-state index contributed by atoms with van der Waals surface area (Å²) in [4.78, 5) is 20.1. The molecule has 0 bridgehead atoms. The Morgan fingerprint density at radius 3 is 3.00 bits per heavy atom. The van der Waals surface area contributed by atoms with Crippen LogP contribution < -0.4 is 10.1 Å². The maximum atomic E-state index is 13.5. The zero-order valence-electron chi connectivity index (χ0n) is 13.2. The van der Waals surface area contributed by atoms with E-state index in [1.54, 1.807) is 17.0 Å². The molecule has 0 aliphatic carbocycles. The summed E-state index contributed by atoms with van der Waals surface area (Å²) in [6.07, 6.45) is 4.55. The SMILES string of the molecule is Cn1ccnc1CNC(=O)c1coc(COc2cccc(F)c2F)n1. The highest BCUT2D eigenvalue weighted by Gasteiger charge is 2.14. The lowest BCUT2D eigenvalue weighted by Crippen LogP contribution is -2.24. The Kier molecular flexibility index (Phi) is 4.73. The molecule has 0 atom stereocenters. The molecule has 0 unspecified atom stereocenters. The fourth-order valence-corrected chi connectivity index (χ4v) is 2.03. The third-order valence-electron chi connectivity index (χ3n) is 3.38. The highest BCUT2D eigenvalue weighted by molar-refractivity contribution is 5.91. The number of nitrogens with one attached hydrogen (secondary N) is 1. The van der Waals surface area contributed by atoms with Gasteiger partial charge < -0.3 is 19.0 Å². The molecule has 0 spiro atoms. The molecule has 25 heavy (non-hydrogen) atoms. The van der Waals surface area contributed by atoms with Crippen molar-refractivity contribution in [3.05, 3.63) is 65.9 Å². The van der Waals surface area contributed by atoms with Crippen LogP contribution in [-0.4, -0.2) is 20.4 Å². The first-order chi connectivity index (χ1) is 12.0. The first kappa shape index (κ1) is 16.6. The van der Waals surface area contributed by atoms with Crippen molar-refractivity contribution in [1.29, 1.82) is 0 Å². The van der Waals surface area contributed by atoms with Gasteiger partial charge >= 0.3 is 0 Å². The lowest BCUT2D eigenvalue weighted by molar-refractivity contribution is 0.0944. The van der Waals surface area contributed by atoms with Gasteiger partial charge in [0, 0.05) is 19.4 Å². The minimum absolute atomic E-state index is 0.0486. The Balaban J connectivity index is 1.57. The molecule has 0 fully saturated rings. The van der Waals surface area contributed by atoms with E-state index < -0.39 is 17.5 Å². The molecule has 1 aromatic carbocycles. The van der Waals surface area contributed by atoms with E-state index in [0.717, 1.165) is 12.3 Å². The Bertz CT molecular complexity index is 891. The molecule has 0 aliphatic rings. The monoisotopic (exact) mass is 348 g/mol. The van der Waals surface area contributed by atoms with E-state index in [1.165, 1.54) is 12.1 Å². The van der Waals surface area contributed by atoms with E-state index in [9.17, 15) is 13.6 Å². The summed E-state index contributed by atoms with van der Waals surface area (Å²) in [7, 11) is 1.81. The number of hydrogen-bond donors (Lipinski definition) is 1. The molecule has 3 aromatic rings. The number of carbonyl (C=O) groups excluding carboxylic acids is 1. The van der Waals surface area contributed by atoms with Crippen molar-refractivity contribution in [2.24, 2.45) is 7.05 Å². The number of nitrogens with zero attached hydrogens (tertiary/aromatic N) is 3. The van der Waals surface area contributed by atoms with Crippen LogP contribution in [0.5, 0.6) is 5.75 Å². The largest absolute Gasteiger partial charge is 0.481 e. The van der Waals surface area contributed by atoms with E-state index in [1.807, 2.05) is 7.05 Å². The highest BCUT2D eigenvalue weighted by Crippen LogP contribution is 2.20. The van der Waals surface area contributed by atoms with Gasteiger partial charge in [-0.05, 0) is 12.1 Å². The van der Waals surface area contributed by atoms with Gasteiger partial charge in [-0.3, -0.25) is 4.79 Å². The number of carbonyl (C=O) groups is 1. The van der Waals surface area contributed by atoms with Crippen LogP contribution in [0.2, 0.25) is 0 Å². The molecule has 7 nitrogen and oxygen atoms in total. The van der Waals surface area contributed by atoms with Crippen molar-refractivity contribution in [3.8, 4) is 5.75 Å². The third kappa shape index (κ3) is 3.82. The number of imidazole rings is 1. The van der Waals surface area contributed by atoms with Crippen molar-refractivity contribution in [1.82, 2.24) is 19.9 Å². The lowest BCUT2D eigenvalue weighted by atomic mass is 10.3. The van der Waals surface area contributed by atoms with Gasteiger partial charge in [0.25, 0.3) is 5.91 Å². The molecule has 1 amide bonds. The predicted molar refractivity (Wildman–Crippen MR) is 81.6 cm³/mol. The average molecular weight is 348 g/mol. The normalized spacial score (nSPS) is 10.7. The van der Waals surface area contributed by atoms with E-state index in [4.69, 9.17) is 9.15 Å². The molecule has 9 heteroatoms. The maximum absolute atomic E-state index is 13.5. The van der Waals surface area contributed by atoms with E-state index in [-0.39, 0.29) is 30.5 Å². The summed E-state index contributed by atoms with van der Waals surface area (Å²) in [6.45, 7) is -0.0114. The smallest absolute Gasteiger partial charge is 0.273 e. The van der Waals surface area contributed by atoms with Crippen LogP contribution >= 0.6 is 0 Å². The maximum Gasteiger partial charge on any atom is 0.273 e. The zero-order chi connectivity index (χ0) is 17.8. The molecule has 0 aliphatic heterocycles. The summed E-state index contributed by atoms with van der Waals surface area (Å²) in [5.41, 5.74) is 0.0486. The van der Waals surface area contributed by atoms with Crippen LogP contribution in [0.1, 0.15) is 22.2 Å². The summed E-state index contributed by atoms with van der Waals surface area (Å²) in [5.74, 6) is -2.08. The molecule has 0 radical (unpaired) electrons. The second kappa shape index (κ2) is 7.12. The van der Waals surface area contributed by atoms with Gasteiger partial charge in [0.05, 0.1) is 6.54 Å². The number of aromatic nitrogens is 3. The topological polar surface area (TPSA) is 82.2 Å². The number of halogens is 2. The first-order valence-corrected chi connectivity index (χ1v) is 7.30. The fourth-order valence-electron chi connectivity index (χ4n) is 2.03. The van der Waals surface area contributed by atoms with Crippen molar-refractivity contribution in [2.75, 3.05) is 0 Å². The molecular weight excluding hydrogens is 334 g/mol. The molecular formula is C16H14F2N4O3. The average Bonchev–Trinajstić information content (AvgIpc) is 3.23. The molecule has 2 heterocycles. The second-order valence-corrected chi connectivity index (χ2v) is 5.10. The molecule has 0 saturated heterocycles. The van der Waals surface area contributed by atoms with Gasteiger partial charge in [0.15, 0.2) is 23.9 Å². The van der Waals surface area contributed by atoms with Crippen LogP contribution in [0, 0.1) is 11.6 Å². The molecule has 2 aromatic heterocycles. The van der Waals surface area contributed by atoms with Gasteiger partial charge in [-0.2, -0.15) is 4.39 Å². The molecule has 3 rings (SSSR count). The van der Waals surface area contributed by atoms with Crippen LogP contribution in [0.15, 0.2) is 41.3 Å². The minimum Gasteiger partial charge on any atom is -0.481 e. The minimum atomic E-state index is -1.10. The Morgan fingerprint density at radius 2 is 2.24 bits per heavy atom. The fraction of sp³-hybridized carbons (Fsp3) is 0.188.